The van der Waals surface area contributed by atoms with Crippen LogP contribution in [0, 0.1) is 5.92 Å². The summed E-state index contributed by atoms with van der Waals surface area (Å²) >= 11 is 0. The number of rotatable bonds is 6. The highest BCUT2D eigenvalue weighted by molar-refractivity contribution is 5.81. The van der Waals surface area contributed by atoms with Gasteiger partial charge in [0.05, 0.1) is 5.52 Å². The number of aromatic nitrogens is 1. The van der Waals surface area contributed by atoms with Crippen LogP contribution >= 0.6 is 0 Å². The molecule has 2 heteroatoms. The topological polar surface area (TPSA) is 24.9 Å². The Morgan fingerprint density at radius 3 is 2.89 bits per heavy atom. The average molecular weight is 254 g/mol. The van der Waals surface area contributed by atoms with Gasteiger partial charge in [0.1, 0.15) is 0 Å². The minimum absolute atomic E-state index is 0.614. The second-order valence-electron chi connectivity index (χ2n) is 5.63. The Morgan fingerprint density at radius 1 is 1.26 bits per heavy atom. The first-order valence-corrected chi connectivity index (χ1v) is 7.43. The quantitative estimate of drug-likeness (QED) is 0.852. The largest absolute Gasteiger partial charge is 0.314 e. The SMILES string of the molecule is CCNC(Cc1ccnc2ccccc12)CC1CC1. The molecule has 2 nitrogen and oxygen atoms in total. The third kappa shape index (κ3) is 3.13. The van der Waals surface area contributed by atoms with Gasteiger partial charge in [0, 0.05) is 17.6 Å². The van der Waals surface area contributed by atoms with Crippen LogP contribution in [0.25, 0.3) is 10.9 Å². The lowest BCUT2D eigenvalue weighted by Gasteiger charge is -2.18. The first-order chi connectivity index (χ1) is 9.36. The number of nitrogens with one attached hydrogen (secondary N) is 1. The molecule has 0 amide bonds. The van der Waals surface area contributed by atoms with E-state index in [0.717, 1.165) is 24.4 Å². The first kappa shape index (κ1) is 12.6. The maximum absolute atomic E-state index is 4.45. The van der Waals surface area contributed by atoms with Gasteiger partial charge in [-0.25, -0.2) is 0 Å². The fourth-order valence-electron chi connectivity index (χ4n) is 2.88. The maximum Gasteiger partial charge on any atom is 0.0704 e. The Balaban J connectivity index is 1.81. The summed E-state index contributed by atoms with van der Waals surface area (Å²) in [6.07, 6.45) is 7.24. The number of fused-ring (bicyclic) bond motifs is 1. The molecule has 1 aromatic heterocycles. The van der Waals surface area contributed by atoms with Gasteiger partial charge in [-0.3, -0.25) is 4.98 Å². The molecule has 1 aliphatic carbocycles. The average Bonchev–Trinajstić information content (AvgIpc) is 3.23. The third-order valence-electron chi connectivity index (χ3n) is 4.01. The van der Waals surface area contributed by atoms with Crippen molar-refractivity contribution in [2.24, 2.45) is 5.92 Å². The van der Waals surface area contributed by atoms with Crippen LogP contribution in [0.5, 0.6) is 0 Å². The monoisotopic (exact) mass is 254 g/mol. The van der Waals surface area contributed by atoms with E-state index in [1.807, 2.05) is 6.20 Å². The number of para-hydroxylation sites is 1. The number of likely N-dealkylation sites (N-methyl/N-ethyl adjacent to an activating group) is 1. The van der Waals surface area contributed by atoms with E-state index in [9.17, 15) is 0 Å². The van der Waals surface area contributed by atoms with Gasteiger partial charge in [-0.1, -0.05) is 38.0 Å². The van der Waals surface area contributed by atoms with E-state index in [2.05, 4.69) is 47.6 Å². The molecule has 0 aliphatic heterocycles. The number of hydrogen-bond donors (Lipinski definition) is 1. The predicted octanol–water partition coefficient (Wildman–Crippen LogP) is 3.56. The summed E-state index contributed by atoms with van der Waals surface area (Å²) in [5, 5.41) is 4.96. The first-order valence-electron chi connectivity index (χ1n) is 7.43. The van der Waals surface area contributed by atoms with Crippen molar-refractivity contribution >= 4 is 10.9 Å². The van der Waals surface area contributed by atoms with Crippen LogP contribution in [0.3, 0.4) is 0 Å². The molecule has 1 heterocycles. The minimum atomic E-state index is 0.614. The van der Waals surface area contributed by atoms with Gasteiger partial charge in [0.15, 0.2) is 0 Å². The molecule has 2 aromatic rings. The van der Waals surface area contributed by atoms with Crippen LogP contribution in [-0.4, -0.2) is 17.6 Å². The molecule has 1 aliphatic rings. The van der Waals surface area contributed by atoms with Crippen molar-refractivity contribution in [3.05, 3.63) is 42.1 Å². The molecule has 1 unspecified atom stereocenters. The Kier molecular flexibility index (Phi) is 3.79. The minimum Gasteiger partial charge on any atom is -0.314 e. The molecule has 1 aromatic carbocycles. The van der Waals surface area contributed by atoms with Crippen molar-refractivity contribution in [3.63, 3.8) is 0 Å². The van der Waals surface area contributed by atoms with E-state index in [4.69, 9.17) is 0 Å². The second-order valence-corrected chi connectivity index (χ2v) is 5.63. The van der Waals surface area contributed by atoms with Crippen LogP contribution in [0.4, 0.5) is 0 Å². The lowest BCUT2D eigenvalue weighted by Crippen LogP contribution is -2.31. The van der Waals surface area contributed by atoms with Crippen LogP contribution in [0.2, 0.25) is 0 Å². The zero-order valence-electron chi connectivity index (χ0n) is 11.6. The highest BCUT2D eigenvalue weighted by Gasteiger charge is 2.25. The number of hydrogen-bond acceptors (Lipinski definition) is 2. The molecular formula is C17H22N2. The predicted molar refractivity (Wildman–Crippen MR) is 80.3 cm³/mol. The van der Waals surface area contributed by atoms with Gasteiger partial charge in [0.25, 0.3) is 0 Å². The van der Waals surface area contributed by atoms with Crippen molar-refractivity contribution in [1.29, 1.82) is 0 Å². The van der Waals surface area contributed by atoms with Gasteiger partial charge in [0.2, 0.25) is 0 Å². The summed E-state index contributed by atoms with van der Waals surface area (Å²) in [6.45, 7) is 3.25. The van der Waals surface area contributed by atoms with Crippen molar-refractivity contribution < 1.29 is 0 Å². The van der Waals surface area contributed by atoms with E-state index in [1.54, 1.807) is 0 Å². The fraction of sp³-hybridized carbons (Fsp3) is 0.471. The Bertz CT molecular complexity index is 540. The molecule has 0 spiro atoms. The van der Waals surface area contributed by atoms with Crippen LogP contribution in [0.15, 0.2) is 36.5 Å². The summed E-state index contributed by atoms with van der Waals surface area (Å²) in [7, 11) is 0. The molecule has 0 radical (unpaired) electrons. The smallest absolute Gasteiger partial charge is 0.0704 e. The van der Waals surface area contributed by atoms with E-state index >= 15 is 0 Å². The number of nitrogens with zero attached hydrogens (tertiary/aromatic N) is 1. The molecule has 1 N–H and O–H groups in total. The molecule has 3 rings (SSSR count). The van der Waals surface area contributed by atoms with Gasteiger partial charge in [-0.05, 0) is 43.0 Å². The summed E-state index contributed by atoms with van der Waals surface area (Å²) in [5.74, 6) is 0.970. The normalized spacial score (nSPS) is 16.7. The summed E-state index contributed by atoms with van der Waals surface area (Å²) < 4.78 is 0. The Hall–Kier alpha value is -1.41. The summed E-state index contributed by atoms with van der Waals surface area (Å²) in [4.78, 5) is 4.45. The van der Waals surface area contributed by atoms with Crippen molar-refractivity contribution in [2.75, 3.05) is 6.54 Å². The van der Waals surface area contributed by atoms with Gasteiger partial charge < -0.3 is 5.32 Å². The van der Waals surface area contributed by atoms with Crippen LogP contribution < -0.4 is 5.32 Å². The number of pyridine rings is 1. The van der Waals surface area contributed by atoms with Gasteiger partial charge in [-0.2, -0.15) is 0 Å². The third-order valence-corrected chi connectivity index (χ3v) is 4.01. The van der Waals surface area contributed by atoms with Crippen LogP contribution in [-0.2, 0) is 6.42 Å². The second kappa shape index (κ2) is 5.70. The molecule has 1 saturated carbocycles. The molecule has 0 saturated heterocycles. The molecule has 19 heavy (non-hydrogen) atoms. The zero-order valence-corrected chi connectivity index (χ0v) is 11.6. The standard InChI is InChI=1S/C17H22N2/c1-2-18-15(11-13-7-8-13)12-14-9-10-19-17-6-4-3-5-16(14)17/h3-6,9-10,13,15,18H,2,7-8,11-12H2,1H3. The summed E-state index contributed by atoms with van der Waals surface area (Å²) in [5.41, 5.74) is 2.54. The van der Waals surface area contributed by atoms with Crippen LogP contribution in [0.1, 0.15) is 31.7 Å². The zero-order chi connectivity index (χ0) is 13.1. The Morgan fingerprint density at radius 2 is 2.11 bits per heavy atom. The lowest BCUT2D eigenvalue weighted by atomic mass is 9.98. The van der Waals surface area contributed by atoms with Crippen molar-refractivity contribution in [1.82, 2.24) is 10.3 Å². The summed E-state index contributed by atoms with van der Waals surface area (Å²) in [6, 6.07) is 11.3. The Labute approximate surface area is 115 Å². The molecule has 1 fully saturated rings. The lowest BCUT2D eigenvalue weighted by molar-refractivity contribution is 0.467. The van der Waals surface area contributed by atoms with Crippen molar-refractivity contribution in [3.8, 4) is 0 Å². The highest BCUT2D eigenvalue weighted by Crippen LogP contribution is 2.34. The molecule has 0 bridgehead atoms. The van der Waals surface area contributed by atoms with Crippen molar-refractivity contribution in [2.45, 2.75) is 38.6 Å². The number of benzene rings is 1. The van der Waals surface area contributed by atoms with Gasteiger partial charge in [-0.15, -0.1) is 0 Å². The van der Waals surface area contributed by atoms with E-state index in [0.29, 0.717) is 6.04 Å². The molecule has 100 valence electrons. The van der Waals surface area contributed by atoms with E-state index in [-0.39, 0.29) is 0 Å². The maximum atomic E-state index is 4.45. The van der Waals surface area contributed by atoms with E-state index < -0.39 is 0 Å². The highest BCUT2D eigenvalue weighted by atomic mass is 14.9. The van der Waals surface area contributed by atoms with E-state index in [1.165, 1.54) is 30.2 Å². The fourth-order valence-corrected chi connectivity index (χ4v) is 2.88. The molecule has 1 atom stereocenters. The molecular weight excluding hydrogens is 232 g/mol. The van der Waals surface area contributed by atoms with Gasteiger partial charge >= 0.3 is 0 Å².